The molecular formula is C15H30N4OS. The monoisotopic (exact) mass is 314 g/mol. The zero-order chi connectivity index (χ0) is 15.2. The van der Waals surface area contributed by atoms with Crippen LogP contribution >= 0.6 is 11.8 Å². The minimum Gasteiger partial charge on any atom is -0.394 e. The molecule has 0 spiro atoms. The summed E-state index contributed by atoms with van der Waals surface area (Å²) in [5.41, 5.74) is 0. The van der Waals surface area contributed by atoms with E-state index in [9.17, 15) is 0 Å². The number of hydrogen-bond acceptors (Lipinski definition) is 5. The van der Waals surface area contributed by atoms with Crippen molar-refractivity contribution in [1.82, 2.24) is 20.2 Å². The Kier molecular flexibility index (Phi) is 11.5. The highest BCUT2D eigenvalue weighted by Gasteiger charge is 2.05. The van der Waals surface area contributed by atoms with Gasteiger partial charge in [-0.2, -0.15) is 0 Å². The first-order valence-electron chi connectivity index (χ1n) is 8.38. The molecule has 1 heterocycles. The molecule has 1 aromatic heterocycles. The number of hydrogen-bond donors (Lipinski definition) is 1. The van der Waals surface area contributed by atoms with E-state index in [2.05, 4.69) is 22.4 Å². The van der Waals surface area contributed by atoms with Gasteiger partial charge in [0.25, 0.3) is 0 Å². The number of unbranched alkanes of at least 4 members (excludes halogenated alkanes) is 9. The van der Waals surface area contributed by atoms with Gasteiger partial charge in [0.2, 0.25) is 5.16 Å². The maximum absolute atomic E-state index is 8.90. The van der Waals surface area contributed by atoms with Gasteiger partial charge in [0.05, 0.1) is 13.2 Å². The lowest BCUT2D eigenvalue weighted by molar-refractivity contribution is 0.262. The highest BCUT2D eigenvalue weighted by Crippen LogP contribution is 2.17. The van der Waals surface area contributed by atoms with Gasteiger partial charge in [-0.05, 0) is 16.8 Å². The van der Waals surface area contributed by atoms with Crippen molar-refractivity contribution in [3.63, 3.8) is 0 Å². The number of aliphatic hydroxyl groups is 1. The van der Waals surface area contributed by atoms with Crippen LogP contribution in [0.4, 0.5) is 0 Å². The average molecular weight is 314 g/mol. The average Bonchev–Trinajstić information content (AvgIpc) is 2.92. The fourth-order valence-corrected chi connectivity index (χ4v) is 3.19. The first-order valence-corrected chi connectivity index (χ1v) is 9.37. The Morgan fingerprint density at radius 3 is 2.19 bits per heavy atom. The van der Waals surface area contributed by atoms with Gasteiger partial charge in [-0.1, -0.05) is 76.5 Å². The van der Waals surface area contributed by atoms with Gasteiger partial charge in [-0.15, -0.1) is 5.10 Å². The predicted octanol–water partition coefficient (Wildman–Crippen LogP) is 3.68. The molecule has 0 amide bonds. The molecule has 0 fully saturated rings. The summed E-state index contributed by atoms with van der Waals surface area (Å²) in [6.07, 6.45) is 13.6. The Bertz CT molecular complexity index is 346. The number of nitrogens with zero attached hydrogens (tertiary/aromatic N) is 4. The van der Waals surface area contributed by atoms with Crippen LogP contribution in [0.5, 0.6) is 0 Å². The van der Waals surface area contributed by atoms with E-state index in [0.29, 0.717) is 6.54 Å². The largest absolute Gasteiger partial charge is 0.394 e. The highest BCUT2D eigenvalue weighted by atomic mass is 32.2. The fraction of sp³-hybridized carbons (Fsp3) is 0.933. The van der Waals surface area contributed by atoms with Crippen LogP contribution in [-0.4, -0.2) is 37.7 Å². The van der Waals surface area contributed by atoms with Crippen molar-refractivity contribution in [2.45, 2.75) is 82.8 Å². The van der Waals surface area contributed by atoms with Crippen LogP contribution in [0, 0.1) is 0 Å². The molecular weight excluding hydrogens is 284 g/mol. The van der Waals surface area contributed by atoms with Crippen molar-refractivity contribution in [2.75, 3.05) is 12.4 Å². The van der Waals surface area contributed by atoms with Crippen LogP contribution in [0.3, 0.4) is 0 Å². The molecule has 0 aromatic carbocycles. The lowest BCUT2D eigenvalue weighted by Gasteiger charge is -2.03. The smallest absolute Gasteiger partial charge is 0.209 e. The quantitative estimate of drug-likeness (QED) is 0.419. The zero-order valence-electron chi connectivity index (χ0n) is 13.3. The Labute approximate surface area is 132 Å². The standard InChI is InChI=1S/C15H30N4OS/c1-2-3-4-5-6-7-8-9-10-11-14-21-15-16-17-18-19(15)12-13-20/h20H,2-14H2,1H3. The minimum atomic E-state index is 0.0802. The summed E-state index contributed by atoms with van der Waals surface area (Å²) in [5.74, 6) is 1.06. The van der Waals surface area contributed by atoms with Crippen LogP contribution in [0.15, 0.2) is 5.16 Å². The van der Waals surface area contributed by atoms with E-state index in [0.717, 1.165) is 10.9 Å². The van der Waals surface area contributed by atoms with Crippen LogP contribution < -0.4 is 0 Å². The molecule has 0 unspecified atom stereocenters. The van der Waals surface area contributed by atoms with E-state index in [4.69, 9.17) is 5.11 Å². The highest BCUT2D eigenvalue weighted by molar-refractivity contribution is 7.99. The van der Waals surface area contributed by atoms with Crippen molar-refractivity contribution < 1.29 is 5.11 Å². The van der Waals surface area contributed by atoms with E-state index in [1.54, 1.807) is 16.4 Å². The van der Waals surface area contributed by atoms with E-state index in [-0.39, 0.29) is 6.61 Å². The molecule has 0 atom stereocenters. The molecule has 1 aromatic rings. The normalized spacial score (nSPS) is 11.1. The SMILES string of the molecule is CCCCCCCCCCCCSc1nnnn1CCO. The maximum Gasteiger partial charge on any atom is 0.209 e. The Morgan fingerprint density at radius 2 is 1.57 bits per heavy atom. The number of tetrazole rings is 1. The van der Waals surface area contributed by atoms with E-state index < -0.39 is 0 Å². The fourth-order valence-electron chi connectivity index (χ4n) is 2.29. The molecule has 6 heteroatoms. The van der Waals surface area contributed by atoms with Crippen LogP contribution in [0.2, 0.25) is 0 Å². The van der Waals surface area contributed by atoms with Gasteiger partial charge in [0.1, 0.15) is 0 Å². The molecule has 0 aliphatic heterocycles. The van der Waals surface area contributed by atoms with Gasteiger partial charge in [0.15, 0.2) is 0 Å². The van der Waals surface area contributed by atoms with Crippen molar-refractivity contribution in [2.24, 2.45) is 0 Å². The molecule has 0 radical (unpaired) electrons. The van der Waals surface area contributed by atoms with Gasteiger partial charge in [-0.3, -0.25) is 0 Å². The summed E-state index contributed by atoms with van der Waals surface area (Å²) in [6, 6.07) is 0. The minimum absolute atomic E-state index is 0.0802. The molecule has 0 aliphatic carbocycles. The summed E-state index contributed by atoms with van der Waals surface area (Å²) in [4.78, 5) is 0. The van der Waals surface area contributed by atoms with Crippen molar-refractivity contribution in [3.05, 3.63) is 0 Å². The van der Waals surface area contributed by atoms with Gasteiger partial charge < -0.3 is 5.11 Å². The Hall–Kier alpha value is -0.620. The first-order chi connectivity index (χ1) is 10.4. The number of thioether (sulfide) groups is 1. The van der Waals surface area contributed by atoms with E-state index in [1.165, 1.54) is 64.2 Å². The van der Waals surface area contributed by atoms with Crippen LogP contribution in [0.25, 0.3) is 0 Å². The maximum atomic E-state index is 8.90. The van der Waals surface area contributed by atoms with Crippen LogP contribution in [-0.2, 0) is 6.54 Å². The van der Waals surface area contributed by atoms with Gasteiger partial charge in [-0.25, -0.2) is 4.68 Å². The predicted molar refractivity (Wildman–Crippen MR) is 87.5 cm³/mol. The molecule has 1 rings (SSSR count). The molecule has 0 saturated heterocycles. The molecule has 0 aliphatic rings. The van der Waals surface area contributed by atoms with E-state index >= 15 is 0 Å². The summed E-state index contributed by atoms with van der Waals surface area (Å²) in [5, 5.41) is 21.2. The van der Waals surface area contributed by atoms with Gasteiger partial charge >= 0.3 is 0 Å². The molecule has 0 saturated carbocycles. The van der Waals surface area contributed by atoms with E-state index in [1.807, 2.05) is 0 Å². The zero-order valence-corrected chi connectivity index (χ0v) is 14.2. The third-order valence-electron chi connectivity index (χ3n) is 3.54. The number of aromatic nitrogens is 4. The summed E-state index contributed by atoms with van der Waals surface area (Å²) in [7, 11) is 0. The number of rotatable bonds is 14. The summed E-state index contributed by atoms with van der Waals surface area (Å²) >= 11 is 1.69. The second kappa shape index (κ2) is 13.1. The van der Waals surface area contributed by atoms with Crippen molar-refractivity contribution >= 4 is 11.8 Å². The van der Waals surface area contributed by atoms with Crippen molar-refractivity contribution in [1.29, 1.82) is 0 Å². The van der Waals surface area contributed by atoms with Crippen LogP contribution in [0.1, 0.15) is 71.1 Å². The van der Waals surface area contributed by atoms with Gasteiger partial charge in [0, 0.05) is 5.75 Å². The summed E-state index contributed by atoms with van der Waals surface area (Å²) < 4.78 is 1.67. The molecule has 1 N–H and O–H groups in total. The third kappa shape index (κ3) is 9.09. The third-order valence-corrected chi connectivity index (χ3v) is 4.58. The molecule has 5 nitrogen and oxygen atoms in total. The topological polar surface area (TPSA) is 63.8 Å². The molecule has 0 bridgehead atoms. The Morgan fingerprint density at radius 1 is 0.952 bits per heavy atom. The summed E-state index contributed by atoms with van der Waals surface area (Å²) in [6.45, 7) is 2.82. The van der Waals surface area contributed by atoms with Crippen molar-refractivity contribution in [3.8, 4) is 0 Å². The Balaban J connectivity index is 1.89. The molecule has 21 heavy (non-hydrogen) atoms. The first kappa shape index (κ1) is 18.4. The number of aliphatic hydroxyl groups excluding tert-OH is 1. The lowest BCUT2D eigenvalue weighted by Crippen LogP contribution is -2.05. The lowest BCUT2D eigenvalue weighted by atomic mass is 10.1. The second-order valence-corrected chi connectivity index (χ2v) is 6.50. The second-order valence-electron chi connectivity index (χ2n) is 5.44. The molecule has 122 valence electrons.